The molecule has 0 bridgehead atoms. The fourth-order valence-electron chi connectivity index (χ4n) is 2.65. The number of carbonyl (C=O) groups is 1. The summed E-state index contributed by atoms with van der Waals surface area (Å²) < 4.78 is 41.0. The van der Waals surface area contributed by atoms with Crippen LogP contribution in [-0.4, -0.2) is 45.8 Å². The summed E-state index contributed by atoms with van der Waals surface area (Å²) in [5.41, 5.74) is -1.36. The van der Waals surface area contributed by atoms with E-state index in [9.17, 15) is 22.7 Å². The van der Waals surface area contributed by atoms with Crippen molar-refractivity contribution in [1.29, 1.82) is 0 Å². The summed E-state index contributed by atoms with van der Waals surface area (Å²) in [5, 5.41) is 10.4. The monoisotopic (exact) mass is 367 g/mol. The third-order valence-electron chi connectivity index (χ3n) is 4.20. The quantitative estimate of drug-likeness (QED) is 0.785. The maximum atomic E-state index is 13.4. The van der Waals surface area contributed by atoms with E-state index in [0.29, 0.717) is 10.8 Å². The topological polar surface area (TPSA) is 86.7 Å². The number of carboxylic acid groups (broad SMARTS) is 1. The Labute approximate surface area is 146 Å². The number of sulfonamides is 1. The number of carboxylic acids is 1. The number of fused-ring (bicyclic) bond motifs is 1. The van der Waals surface area contributed by atoms with Gasteiger partial charge in [-0.2, -0.15) is 4.72 Å². The van der Waals surface area contributed by atoms with Crippen LogP contribution in [0.4, 0.5) is 10.1 Å². The number of benzene rings is 2. The Morgan fingerprint density at radius 1 is 1.20 bits per heavy atom. The number of hydrogen-bond acceptors (Lipinski definition) is 4. The molecule has 25 heavy (non-hydrogen) atoms. The number of anilines is 1. The molecule has 6 nitrogen and oxygen atoms in total. The highest BCUT2D eigenvalue weighted by molar-refractivity contribution is 7.89. The van der Waals surface area contributed by atoms with E-state index in [1.165, 1.54) is 13.0 Å². The van der Waals surface area contributed by atoms with Crippen molar-refractivity contribution in [2.24, 2.45) is 0 Å². The van der Waals surface area contributed by atoms with Crippen LogP contribution in [-0.2, 0) is 14.8 Å². The largest absolute Gasteiger partial charge is 0.480 e. The van der Waals surface area contributed by atoms with Gasteiger partial charge in [0, 0.05) is 30.6 Å². The minimum Gasteiger partial charge on any atom is -0.480 e. The molecule has 0 aliphatic carbocycles. The first-order valence-electron chi connectivity index (χ1n) is 7.71. The number of halogens is 1. The minimum atomic E-state index is -4.25. The van der Waals surface area contributed by atoms with Crippen molar-refractivity contribution in [3.8, 4) is 0 Å². The molecule has 0 aliphatic rings. The third-order valence-corrected chi connectivity index (χ3v) is 5.80. The molecule has 0 heterocycles. The molecule has 0 saturated carbocycles. The molecule has 0 fully saturated rings. The summed E-state index contributed by atoms with van der Waals surface area (Å²) in [7, 11) is -0.571. The maximum absolute atomic E-state index is 13.4. The smallest absolute Gasteiger partial charge is 0.327 e. The number of nitrogens with zero attached hydrogens (tertiary/aromatic N) is 1. The molecular weight excluding hydrogens is 346 g/mol. The van der Waals surface area contributed by atoms with E-state index in [2.05, 4.69) is 0 Å². The van der Waals surface area contributed by atoms with Gasteiger partial charge in [-0.05, 0) is 18.6 Å². The molecule has 2 aromatic carbocycles. The Balaban J connectivity index is 2.65. The molecular formula is C17H21FN2O4S. The Hall–Kier alpha value is -2.19. The minimum absolute atomic E-state index is 0.0822. The fraction of sp³-hybridized carbons (Fsp3) is 0.353. The first kappa shape index (κ1) is 19.1. The van der Waals surface area contributed by atoms with Crippen molar-refractivity contribution in [3.05, 3.63) is 36.4 Å². The van der Waals surface area contributed by atoms with Crippen molar-refractivity contribution in [2.45, 2.75) is 23.8 Å². The molecule has 2 rings (SSSR count). The highest BCUT2D eigenvalue weighted by Crippen LogP contribution is 2.31. The van der Waals surface area contributed by atoms with Crippen molar-refractivity contribution in [1.82, 2.24) is 4.72 Å². The van der Waals surface area contributed by atoms with E-state index >= 15 is 0 Å². The van der Waals surface area contributed by atoms with Gasteiger partial charge in [-0.25, -0.2) is 12.8 Å². The zero-order chi connectivity index (χ0) is 18.8. The Bertz CT molecular complexity index is 893. The zero-order valence-corrected chi connectivity index (χ0v) is 15.1. The number of nitrogens with one attached hydrogen (secondary N) is 1. The van der Waals surface area contributed by atoms with Crippen LogP contribution in [0, 0.1) is 0 Å². The molecule has 0 spiro atoms. The van der Waals surface area contributed by atoms with Gasteiger partial charge in [0.2, 0.25) is 10.0 Å². The molecule has 2 N–H and O–H groups in total. The summed E-state index contributed by atoms with van der Waals surface area (Å²) in [6, 6.07) is 9.94. The standard InChI is InChI=1S/C17H21FN2O4S/c1-4-17(11-18,16(21)22)19-25(23,24)15-10-6-7-12-13(15)8-5-9-14(12)20(2)3/h5-10,19H,4,11H2,1-3H3,(H,21,22)/i18-1. The predicted octanol–water partition coefficient (Wildman–Crippen LogP) is 2.39. The zero-order valence-electron chi connectivity index (χ0n) is 14.3. The van der Waals surface area contributed by atoms with Gasteiger partial charge in [-0.15, -0.1) is 0 Å². The van der Waals surface area contributed by atoms with Gasteiger partial charge in [-0.1, -0.05) is 31.2 Å². The SMILES string of the molecule is CCC(C[18F])(NS(=O)(=O)c1cccc2c(N(C)C)cccc12)C(=O)O. The van der Waals surface area contributed by atoms with Crippen LogP contribution in [0.3, 0.4) is 0 Å². The number of rotatable bonds is 7. The van der Waals surface area contributed by atoms with Gasteiger partial charge in [0.1, 0.15) is 6.67 Å². The second-order valence-corrected chi connectivity index (χ2v) is 7.65. The molecule has 1 unspecified atom stereocenters. The Kier molecular flexibility index (Phi) is 5.34. The van der Waals surface area contributed by atoms with Gasteiger partial charge >= 0.3 is 5.97 Å². The summed E-state index contributed by atoms with van der Waals surface area (Å²) >= 11 is 0. The van der Waals surface area contributed by atoms with Crippen LogP contribution in [0.25, 0.3) is 10.8 Å². The average Bonchev–Trinajstić information content (AvgIpc) is 2.58. The molecule has 0 saturated heterocycles. The summed E-state index contributed by atoms with van der Waals surface area (Å²) in [6.45, 7) is 0.0786. The van der Waals surface area contributed by atoms with Gasteiger partial charge in [0.05, 0.1) is 4.90 Å². The first-order chi connectivity index (χ1) is 11.7. The Morgan fingerprint density at radius 3 is 2.32 bits per heavy atom. The highest BCUT2D eigenvalue weighted by atomic mass is 32.2. The van der Waals surface area contributed by atoms with E-state index < -0.39 is 28.2 Å². The highest BCUT2D eigenvalue weighted by Gasteiger charge is 2.41. The lowest BCUT2D eigenvalue weighted by atomic mass is 10.0. The lowest BCUT2D eigenvalue weighted by molar-refractivity contribution is -0.144. The van der Waals surface area contributed by atoms with Gasteiger partial charge in [0.25, 0.3) is 0 Å². The molecule has 1 atom stereocenters. The molecule has 0 aromatic heterocycles. The second-order valence-electron chi connectivity index (χ2n) is 6.00. The molecule has 0 aliphatic heterocycles. The second kappa shape index (κ2) is 6.97. The van der Waals surface area contributed by atoms with Gasteiger partial charge < -0.3 is 10.0 Å². The van der Waals surface area contributed by atoms with E-state index in [4.69, 9.17) is 0 Å². The number of aliphatic carboxylic acids is 1. The molecule has 2 aromatic rings. The normalized spacial score (nSPS) is 14.2. The average molecular weight is 367 g/mol. The molecule has 0 radical (unpaired) electrons. The number of alkyl halides is 1. The van der Waals surface area contributed by atoms with E-state index in [0.717, 1.165) is 5.69 Å². The molecule has 8 heteroatoms. The van der Waals surface area contributed by atoms with E-state index in [1.54, 1.807) is 24.3 Å². The number of hydrogen-bond donors (Lipinski definition) is 2. The lowest BCUT2D eigenvalue weighted by Crippen LogP contribution is -2.55. The van der Waals surface area contributed by atoms with Crippen molar-refractivity contribution in [2.75, 3.05) is 25.7 Å². The van der Waals surface area contributed by atoms with E-state index in [1.807, 2.05) is 29.8 Å². The van der Waals surface area contributed by atoms with Crippen molar-refractivity contribution < 1.29 is 22.7 Å². The van der Waals surface area contributed by atoms with Crippen molar-refractivity contribution >= 4 is 32.5 Å². The van der Waals surface area contributed by atoms with Crippen LogP contribution < -0.4 is 9.62 Å². The van der Waals surface area contributed by atoms with Crippen LogP contribution in [0.15, 0.2) is 41.3 Å². The fourth-order valence-corrected chi connectivity index (χ4v) is 4.28. The molecule has 0 amide bonds. The van der Waals surface area contributed by atoms with Crippen LogP contribution >= 0.6 is 0 Å². The van der Waals surface area contributed by atoms with Crippen molar-refractivity contribution in [3.63, 3.8) is 0 Å². The lowest BCUT2D eigenvalue weighted by Gasteiger charge is -2.26. The van der Waals surface area contributed by atoms with Crippen LogP contribution in [0.5, 0.6) is 0 Å². The predicted molar refractivity (Wildman–Crippen MR) is 95.2 cm³/mol. The van der Waals surface area contributed by atoms with E-state index in [-0.39, 0.29) is 11.3 Å². The van der Waals surface area contributed by atoms with Gasteiger partial charge in [-0.3, -0.25) is 4.79 Å². The maximum Gasteiger partial charge on any atom is 0.327 e. The summed E-state index contributed by atoms with van der Waals surface area (Å²) in [5.74, 6) is -1.55. The molecule has 136 valence electrons. The summed E-state index contributed by atoms with van der Waals surface area (Å²) in [4.78, 5) is 13.2. The van der Waals surface area contributed by atoms with Crippen LogP contribution in [0.1, 0.15) is 13.3 Å². The Morgan fingerprint density at radius 2 is 1.80 bits per heavy atom. The van der Waals surface area contributed by atoms with Crippen LogP contribution in [0.2, 0.25) is 0 Å². The first-order valence-corrected chi connectivity index (χ1v) is 9.19. The van der Waals surface area contributed by atoms with Gasteiger partial charge in [0.15, 0.2) is 5.54 Å². The summed E-state index contributed by atoms with van der Waals surface area (Å²) in [6.07, 6.45) is -0.216. The third kappa shape index (κ3) is 3.45.